The maximum absolute atomic E-state index is 6.34. The Morgan fingerprint density at radius 2 is 1.00 bits per heavy atom. The Morgan fingerprint density at radius 1 is 0.692 bits per heavy atom. The minimum absolute atomic E-state index is 0. The van der Waals surface area contributed by atoms with E-state index in [4.69, 9.17) is 22.7 Å². The Hall–Kier alpha value is 3.41. The first-order valence-electron chi connectivity index (χ1n) is 8.64. The zero-order valence-electron chi connectivity index (χ0n) is 16.4. The van der Waals surface area contributed by atoms with Crippen LogP contribution in [0.1, 0.15) is 79.1 Å². The third-order valence-corrected chi connectivity index (χ3v) is 9.11. The fourth-order valence-corrected chi connectivity index (χ4v) is 6.08. The number of halogens is 6. The minimum Gasteiger partial charge on any atom is -0.147 e. The molecule has 0 aromatic heterocycles. The second kappa shape index (κ2) is 28.4. The van der Waals surface area contributed by atoms with Crippen LogP contribution in [-0.4, -0.2) is 13.2 Å². The Balaban J connectivity index is -0.000000200. The van der Waals surface area contributed by atoms with Crippen LogP contribution in [-0.2, 0) is 50.2 Å². The third kappa shape index (κ3) is 25.4. The Bertz CT molecular complexity index is 235. The summed E-state index contributed by atoms with van der Waals surface area (Å²) in [7, 11) is 12.7. The molecule has 2 atom stereocenters. The van der Waals surface area contributed by atoms with Gasteiger partial charge in [0.05, 0.1) is 0 Å². The minimum atomic E-state index is -3.76. The van der Waals surface area contributed by atoms with Crippen LogP contribution in [0.3, 0.4) is 0 Å². The van der Waals surface area contributed by atoms with Crippen LogP contribution in [0.15, 0.2) is 0 Å². The monoisotopic (exact) mass is 742 g/mol. The van der Waals surface area contributed by atoms with Gasteiger partial charge in [-0.25, -0.2) is 0 Å². The molecule has 2 nitrogen and oxygen atoms in total. The smallest absolute Gasteiger partial charge is 0 e. The molecule has 0 aromatic carbocycles. The molecule has 2 unspecified atom stereocenters. The van der Waals surface area contributed by atoms with Crippen molar-refractivity contribution in [2.45, 2.75) is 79.1 Å². The van der Waals surface area contributed by atoms with Crippen LogP contribution in [0.4, 0.5) is 0 Å². The van der Waals surface area contributed by atoms with Crippen LogP contribution >= 0.6 is 66.7 Å². The largest absolute Gasteiger partial charge is 0.147 e. The molecule has 0 rings (SSSR count). The fraction of sp³-hybridized carbons (Fsp3) is 1.00. The van der Waals surface area contributed by atoms with Gasteiger partial charge in [0.1, 0.15) is 0 Å². The summed E-state index contributed by atoms with van der Waals surface area (Å²) in [5.74, 6) is 1.12. The average Bonchev–Trinajstić information content (AvgIpc) is 2.47. The van der Waals surface area contributed by atoms with E-state index in [0.717, 1.165) is 12.8 Å². The first-order valence-corrected chi connectivity index (χ1v) is 17.0. The molecule has 0 saturated carbocycles. The van der Waals surface area contributed by atoms with E-state index < -0.39 is 18.8 Å². The van der Waals surface area contributed by atoms with Crippen LogP contribution in [0.5, 0.6) is 0 Å². The molecule has 164 valence electrons. The Labute approximate surface area is 218 Å². The maximum atomic E-state index is 6.34. The van der Waals surface area contributed by atoms with Gasteiger partial charge in [0, 0.05) is 25.8 Å². The van der Waals surface area contributed by atoms with Gasteiger partial charge in [0.25, 0.3) is 0 Å². The first-order chi connectivity index (χ1) is 9.99. The maximum Gasteiger partial charge on any atom is 0 e. The summed E-state index contributed by atoms with van der Waals surface area (Å²) in [5, 5.41) is 0. The SMILES string of the molecule is CCCCC(CC)C[O][Zr]([Cl])([Cl])[O]CC(CC)CCCC.Cl.Cl.Cl.Cl.[Hf]. The zero-order valence-corrected chi connectivity index (χ0v) is 27.3. The van der Waals surface area contributed by atoms with Crippen molar-refractivity contribution in [2.75, 3.05) is 13.2 Å². The summed E-state index contributed by atoms with van der Waals surface area (Å²) in [6.45, 7) is 10.1. The summed E-state index contributed by atoms with van der Waals surface area (Å²) in [4.78, 5) is 0. The van der Waals surface area contributed by atoms with Gasteiger partial charge in [0.15, 0.2) is 0 Å². The molecule has 0 bridgehead atoms. The molecule has 0 heterocycles. The van der Waals surface area contributed by atoms with Crippen LogP contribution in [0, 0.1) is 11.8 Å². The number of unbranched alkanes of at least 4 members (excludes halogenated alkanes) is 2. The third-order valence-electron chi connectivity index (χ3n) is 4.06. The standard InChI is InChI=1S/2C8H17O.6ClH.Hf.Zr/c2*1-3-5-6-8(4-2)7-9;;;;;;;;/h2*8H,3-7H2,1-2H3;6*1H;;/q2*-1;;;;;;;;+4/p-2. The number of hydrogen-bond donors (Lipinski definition) is 0. The fourth-order valence-electron chi connectivity index (χ4n) is 2.27. The van der Waals surface area contributed by atoms with E-state index >= 15 is 0 Å². The quantitative estimate of drug-likeness (QED) is 0.167. The molecular weight excluding hydrogens is 707 g/mol. The molecule has 0 spiro atoms. The van der Waals surface area contributed by atoms with Crippen LogP contribution in [0.25, 0.3) is 0 Å². The van der Waals surface area contributed by atoms with Crippen molar-refractivity contribution in [2.24, 2.45) is 11.8 Å². The van der Waals surface area contributed by atoms with Crippen LogP contribution in [0.2, 0.25) is 0 Å². The van der Waals surface area contributed by atoms with Crippen molar-refractivity contribution in [1.82, 2.24) is 0 Å². The molecule has 10 heteroatoms. The second-order valence-electron chi connectivity index (χ2n) is 5.92. The van der Waals surface area contributed by atoms with Gasteiger partial charge in [-0.3, -0.25) is 0 Å². The van der Waals surface area contributed by atoms with Gasteiger partial charge in [-0.1, -0.05) is 0 Å². The summed E-state index contributed by atoms with van der Waals surface area (Å²) < 4.78 is 11.6. The summed E-state index contributed by atoms with van der Waals surface area (Å²) in [6, 6.07) is 0. The van der Waals surface area contributed by atoms with E-state index in [-0.39, 0.29) is 75.5 Å². The van der Waals surface area contributed by atoms with Crippen molar-refractivity contribution < 1.29 is 50.2 Å². The molecule has 0 aliphatic rings. The molecule has 0 amide bonds. The molecule has 0 fully saturated rings. The molecule has 26 heavy (non-hydrogen) atoms. The van der Waals surface area contributed by atoms with Gasteiger partial charge in [-0.05, 0) is 0 Å². The van der Waals surface area contributed by atoms with Gasteiger partial charge in [-0.2, -0.15) is 0 Å². The topological polar surface area (TPSA) is 18.5 Å². The molecule has 0 N–H and O–H groups in total. The predicted molar refractivity (Wildman–Crippen MR) is 119 cm³/mol. The van der Waals surface area contributed by atoms with Gasteiger partial charge in [-0.15, -0.1) is 49.6 Å². The molecule has 0 aromatic rings. The number of rotatable bonds is 14. The second-order valence-corrected chi connectivity index (χ2v) is 16.6. The molecule has 0 aliphatic carbocycles. The van der Waals surface area contributed by atoms with Gasteiger partial charge in [0.2, 0.25) is 0 Å². The van der Waals surface area contributed by atoms with Crippen LogP contribution < -0.4 is 0 Å². The molecular formula is C16H38Cl6HfO2Zr. The molecule has 0 aliphatic heterocycles. The van der Waals surface area contributed by atoms with E-state index in [9.17, 15) is 0 Å². The average molecular weight is 745 g/mol. The Morgan fingerprint density at radius 3 is 1.23 bits per heavy atom. The van der Waals surface area contributed by atoms with E-state index in [1.807, 2.05) is 0 Å². The summed E-state index contributed by atoms with van der Waals surface area (Å²) >= 11 is -3.76. The van der Waals surface area contributed by atoms with Crippen molar-refractivity contribution in [3.63, 3.8) is 0 Å². The molecule has 0 radical (unpaired) electrons. The normalized spacial score (nSPS) is 12.2. The predicted octanol–water partition coefficient (Wildman–Crippen LogP) is 8.43. The van der Waals surface area contributed by atoms with Crippen molar-refractivity contribution in [3.05, 3.63) is 0 Å². The van der Waals surface area contributed by atoms with E-state index in [0.29, 0.717) is 25.0 Å². The first kappa shape index (κ1) is 43.3. The van der Waals surface area contributed by atoms with Gasteiger partial charge >= 0.3 is 146 Å². The van der Waals surface area contributed by atoms with Crippen molar-refractivity contribution in [1.29, 1.82) is 0 Å². The van der Waals surface area contributed by atoms with Crippen molar-refractivity contribution >= 4 is 66.7 Å². The van der Waals surface area contributed by atoms with Gasteiger partial charge < -0.3 is 0 Å². The number of hydrogen-bond acceptors (Lipinski definition) is 2. The summed E-state index contributed by atoms with van der Waals surface area (Å²) in [6.07, 6.45) is 9.54. The van der Waals surface area contributed by atoms with E-state index in [2.05, 4.69) is 27.7 Å². The van der Waals surface area contributed by atoms with E-state index in [1.54, 1.807) is 0 Å². The summed E-state index contributed by atoms with van der Waals surface area (Å²) in [5.41, 5.74) is 0. The molecule has 0 saturated heterocycles. The van der Waals surface area contributed by atoms with E-state index in [1.165, 1.54) is 38.5 Å². The zero-order chi connectivity index (χ0) is 16.1. The van der Waals surface area contributed by atoms with Crippen molar-refractivity contribution in [3.8, 4) is 0 Å². The Kier molecular flexibility index (Phi) is 47.3.